The van der Waals surface area contributed by atoms with E-state index in [0.29, 0.717) is 10.6 Å². The molecule has 1 N–H and O–H groups in total. The van der Waals surface area contributed by atoms with Gasteiger partial charge in [-0.3, -0.25) is 0 Å². The van der Waals surface area contributed by atoms with Crippen LogP contribution in [0.4, 0.5) is 14.5 Å². The van der Waals surface area contributed by atoms with Gasteiger partial charge in [-0.1, -0.05) is 40.9 Å². The number of hydrogen-bond donors (Lipinski definition) is 1. The Bertz CT molecular complexity index is 647. The first kappa shape index (κ1) is 15.4. The van der Waals surface area contributed by atoms with Crippen LogP contribution in [0.2, 0.25) is 15.1 Å². The molecular formula is C14H10Cl3F2N. The molecular weight excluding hydrogens is 327 g/mol. The highest BCUT2D eigenvalue weighted by molar-refractivity contribution is 6.36. The molecule has 0 spiro atoms. The van der Waals surface area contributed by atoms with Gasteiger partial charge in [-0.15, -0.1) is 0 Å². The van der Waals surface area contributed by atoms with Gasteiger partial charge < -0.3 is 5.32 Å². The summed E-state index contributed by atoms with van der Waals surface area (Å²) in [5, 5.41) is 3.10. The van der Waals surface area contributed by atoms with E-state index in [1.807, 2.05) is 0 Å². The number of rotatable bonds is 3. The average molecular weight is 337 g/mol. The van der Waals surface area contributed by atoms with E-state index < -0.39 is 17.7 Å². The predicted octanol–water partition coefficient (Wildman–Crippen LogP) is 6.10. The number of hydrogen-bond acceptors (Lipinski definition) is 1. The molecule has 0 bridgehead atoms. The Morgan fingerprint density at radius 2 is 1.70 bits per heavy atom. The molecule has 0 aromatic heterocycles. The van der Waals surface area contributed by atoms with Crippen molar-refractivity contribution in [2.24, 2.45) is 0 Å². The molecule has 0 aliphatic rings. The Kier molecular flexibility index (Phi) is 4.74. The van der Waals surface area contributed by atoms with E-state index in [2.05, 4.69) is 5.32 Å². The Balaban J connectivity index is 2.36. The predicted molar refractivity (Wildman–Crippen MR) is 79.9 cm³/mol. The van der Waals surface area contributed by atoms with Crippen molar-refractivity contribution in [1.82, 2.24) is 0 Å². The molecule has 2 aromatic carbocycles. The maximum Gasteiger partial charge on any atom is 0.164 e. The minimum absolute atomic E-state index is 0.00126. The van der Waals surface area contributed by atoms with Gasteiger partial charge in [-0.2, -0.15) is 0 Å². The molecule has 1 unspecified atom stereocenters. The Hall–Kier alpha value is -1.03. The van der Waals surface area contributed by atoms with Gasteiger partial charge in [0.05, 0.1) is 21.8 Å². The molecule has 1 atom stereocenters. The fourth-order valence-corrected chi connectivity index (χ4v) is 2.73. The molecule has 0 saturated carbocycles. The van der Waals surface area contributed by atoms with Crippen LogP contribution in [0.3, 0.4) is 0 Å². The van der Waals surface area contributed by atoms with Gasteiger partial charge in [0.2, 0.25) is 0 Å². The summed E-state index contributed by atoms with van der Waals surface area (Å²) in [5.74, 6) is -1.16. The highest BCUT2D eigenvalue weighted by Crippen LogP contribution is 2.35. The zero-order valence-corrected chi connectivity index (χ0v) is 12.6. The number of benzene rings is 2. The van der Waals surface area contributed by atoms with Crippen molar-refractivity contribution in [3.63, 3.8) is 0 Å². The summed E-state index contributed by atoms with van der Waals surface area (Å²) in [6.45, 7) is 1.70. The van der Waals surface area contributed by atoms with E-state index in [1.165, 1.54) is 24.3 Å². The largest absolute Gasteiger partial charge is 0.376 e. The highest BCUT2D eigenvalue weighted by atomic mass is 35.5. The molecule has 1 nitrogen and oxygen atoms in total. The molecule has 0 aliphatic carbocycles. The van der Waals surface area contributed by atoms with Crippen molar-refractivity contribution in [2.45, 2.75) is 13.0 Å². The minimum atomic E-state index is -0.579. The first-order valence-corrected chi connectivity index (χ1v) is 6.89. The summed E-state index contributed by atoms with van der Waals surface area (Å²) in [6.07, 6.45) is 0. The van der Waals surface area contributed by atoms with E-state index in [4.69, 9.17) is 34.8 Å². The smallest absolute Gasteiger partial charge is 0.164 e. The van der Waals surface area contributed by atoms with Crippen molar-refractivity contribution in [2.75, 3.05) is 5.32 Å². The summed E-state index contributed by atoms with van der Waals surface area (Å²) >= 11 is 17.6. The SMILES string of the molecule is CC(Nc1cccc(Cl)c1F)c1c(Cl)ccc(F)c1Cl. The van der Waals surface area contributed by atoms with Gasteiger partial charge >= 0.3 is 0 Å². The lowest BCUT2D eigenvalue weighted by Crippen LogP contribution is -2.10. The van der Waals surface area contributed by atoms with E-state index in [0.717, 1.165) is 0 Å². The number of anilines is 1. The molecule has 0 radical (unpaired) electrons. The van der Waals surface area contributed by atoms with Crippen molar-refractivity contribution >= 4 is 40.5 Å². The number of nitrogens with one attached hydrogen (secondary N) is 1. The van der Waals surface area contributed by atoms with Crippen LogP contribution >= 0.6 is 34.8 Å². The van der Waals surface area contributed by atoms with E-state index in [-0.39, 0.29) is 15.7 Å². The van der Waals surface area contributed by atoms with Gasteiger partial charge in [-0.05, 0) is 31.2 Å². The lowest BCUT2D eigenvalue weighted by molar-refractivity contribution is 0.621. The second-order valence-corrected chi connectivity index (χ2v) is 5.42. The molecule has 0 aliphatic heterocycles. The molecule has 20 heavy (non-hydrogen) atoms. The summed E-state index contributed by atoms with van der Waals surface area (Å²) < 4.78 is 27.3. The highest BCUT2D eigenvalue weighted by Gasteiger charge is 2.18. The van der Waals surface area contributed by atoms with Gasteiger partial charge in [0.1, 0.15) is 5.82 Å². The van der Waals surface area contributed by atoms with Gasteiger partial charge in [0, 0.05) is 10.6 Å². The van der Waals surface area contributed by atoms with Gasteiger partial charge in [0.15, 0.2) is 5.82 Å². The average Bonchev–Trinajstić information content (AvgIpc) is 2.40. The zero-order valence-electron chi connectivity index (χ0n) is 10.4. The second-order valence-electron chi connectivity index (χ2n) is 4.22. The molecule has 0 amide bonds. The second kappa shape index (κ2) is 6.17. The Morgan fingerprint density at radius 3 is 2.40 bits per heavy atom. The lowest BCUT2D eigenvalue weighted by atomic mass is 10.1. The topological polar surface area (TPSA) is 12.0 Å². The van der Waals surface area contributed by atoms with Crippen LogP contribution in [0.1, 0.15) is 18.5 Å². The first-order valence-electron chi connectivity index (χ1n) is 5.75. The van der Waals surface area contributed by atoms with Crippen LogP contribution < -0.4 is 5.32 Å². The van der Waals surface area contributed by atoms with Crippen molar-refractivity contribution in [3.8, 4) is 0 Å². The third kappa shape index (κ3) is 3.00. The number of halogens is 5. The van der Waals surface area contributed by atoms with Crippen LogP contribution in [0.25, 0.3) is 0 Å². The summed E-state index contributed by atoms with van der Waals surface area (Å²) in [7, 11) is 0. The Morgan fingerprint density at radius 1 is 1.00 bits per heavy atom. The minimum Gasteiger partial charge on any atom is -0.376 e. The lowest BCUT2D eigenvalue weighted by Gasteiger charge is -2.19. The molecule has 0 fully saturated rings. The van der Waals surface area contributed by atoms with Crippen LogP contribution in [-0.2, 0) is 0 Å². The van der Waals surface area contributed by atoms with Crippen molar-refractivity contribution in [1.29, 1.82) is 0 Å². The third-order valence-electron chi connectivity index (χ3n) is 2.84. The molecule has 0 saturated heterocycles. The van der Waals surface area contributed by atoms with Crippen LogP contribution in [0.5, 0.6) is 0 Å². The summed E-state index contributed by atoms with van der Waals surface area (Å²) in [4.78, 5) is 0. The van der Waals surface area contributed by atoms with Crippen molar-refractivity contribution in [3.05, 3.63) is 62.6 Å². The van der Waals surface area contributed by atoms with Gasteiger partial charge in [0.25, 0.3) is 0 Å². The van der Waals surface area contributed by atoms with E-state index in [1.54, 1.807) is 13.0 Å². The molecule has 0 heterocycles. The fraction of sp³-hybridized carbons (Fsp3) is 0.143. The third-order valence-corrected chi connectivity index (χ3v) is 3.84. The monoisotopic (exact) mass is 335 g/mol. The zero-order chi connectivity index (χ0) is 14.9. The molecule has 6 heteroatoms. The van der Waals surface area contributed by atoms with Gasteiger partial charge in [-0.25, -0.2) is 8.78 Å². The maximum atomic E-state index is 13.8. The van der Waals surface area contributed by atoms with Crippen molar-refractivity contribution < 1.29 is 8.78 Å². The maximum absolute atomic E-state index is 13.8. The van der Waals surface area contributed by atoms with E-state index in [9.17, 15) is 8.78 Å². The molecule has 106 valence electrons. The molecule has 2 rings (SSSR count). The Labute approximate surface area is 130 Å². The quantitative estimate of drug-likeness (QED) is 0.668. The fourth-order valence-electron chi connectivity index (χ4n) is 1.86. The van der Waals surface area contributed by atoms with E-state index >= 15 is 0 Å². The van der Waals surface area contributed by atoms with Crippen LogP contribution in [-0.4, -0.2) is 0 Å². The normalized spacial score (nSPS) is 12.3. The summed E-state index contributed by atoms with van der Waals surface area (Å²) in [6, 6.07) is 6.67. The first-order chi connectivity index (χ1) is 9.41. The van der Waals surface area contributed by atoms with Crippen LogP contribution in [0, 0.1) is 11.6 Å². The van der Waals surface area contributed by atoms with Crippen LogP contribution in [0.15, 0.2) is 30.3 Å². The summed E-state index contributed by atoms with van der Waals surface area (Å²) in [5.41, 5.74) is 0.564. The molecule has 2 aromatic rings. The standard InChI is InChI=1S/C14H10Cl3F2N/c1-7(12-8(15)5-6-10(18)13(12)17)20-11-4-2-3-9(16)14(11)19/h2-7,20H,1H3.